The molecule has 0 radical (unpaired) electrons. The first kappa shape index (κ1) is 17.4. The van der Waals surface area contributed by atoms with Crippen molar-refractivity contribution in [2.45, 2.75) is 13.8 Å². The highest BCUT2D eigenvalue weighted by Gasteiger charge is 2.22. The van der Waals surface area contributed by atoms with Crippen molar-refractivity contribution in [1.82, 2.24) is 4.90 Å². The Labute approximate surface area is 128 Å². The van der Waals surface area contributed by atoms with Gasteiger partial charge in [-0.1, -0.05) is 24.3 Å². The molecule has 0 spiro atoms. The minimum Gasteiger partial charge on any atom is -0.452 e. The summed E-state index contributed by atoms with van der Waals surface area (Å²) in [4.78, 5) is 35.5. The van der Waals surface area contributed by atoms with Crippen LogP contribution in [0.5, 0.6) is 0 Å². The van der Waals surface area contributed by atoms with Gasteiger partial charge in [0.25, 0.3) is 11.6 Å². The number of ether oxygens (including phenoxy) is 1. The van der Waals surface area contributed by atoms with Gasteiger partial charge in [-0.2, -0.15) is 0 Å². The number of nitro benzene ring substituents is 1. The third-order valence-corrected chi connectivity index (χ3v) is 2.84. The molecule has 1 aromatic rings. The molecule has 0 bridgehead atoms. The summed E-state index contributed by atoms with van der Waals surface area (Å²) in [5, 5.41) is 10.9. The van der Waals surface area contributed by atoms with Gasteiger partial charge in [-0.05, 0) is 19.9 Å². The summed E-state index contributed by atoms with van der Waals surface area (Å²) >= 11 is 0. The van der Waals surface area contributed by atoms with Crippen LogP contribution in [-0.2, 0) is 9.53 Å². The SMILES string of the molecule is C=C(C)CN(CC)C(=O)COC(=O)c1ccccc1[N+](=O)[O-]. The Morgan fingerprint density at radius 3 is 2.55 bits per heavy atom. The molecule has 1 aromatic carbocycles. The largest absolute Gasteiger partial charge is 0.452 e. The molecular weight excluding hydrogens is 288 g/mol. The second kappa shape index (κ2) is 7.92. The molecule has 0 aromatic heterocycles. The van der Waals surface area contributed by atoms with Crippen molar-refractivity contribution in [3.63, 3.8) is 0 Å². The number of nitro groups is 1. The third kappa shape index (κ3) is 4.69. The highest BCUT2D eigenvalue weighted by Crippen LogP contribution is 2.18. The van der Waals surface area contributed by atoms with E-state index in [-0.39, 0.29) is 17.2 Å². The van der Waals surface area contributed by atoms with Gasteiger partial charge in [0, 0.05) is 19.2 Å². The van der Waals surface area contributed by atoms with Gasteiger partial charge in [0.05, 0.1) is 4.92 Å². The van der Waals surface area contributed by atoms with Gasteiger partial charge in [0.2, 0.25) is 0 Å². The van der Waals surface area contributed by atoms with Gasteiger partial charge in [-0.15, -0.1) is 0 Å². The normalized spacial score (nSPS) is 9.91. The summed E-state index contributed by atoms with van der Waals surface area (Å²) < 4.78 is 4.88. The standard InChI is InChI=1S/C15H18N2O5/c1-4-16(9-11(2)3)14(18)10-22-15(19)12-7-5-6-8-13(12)17(20)21/h5-8H,2,4,9-10H2,1,3H3. The van der Waals surface area contributed by atoms with Crippen LogP contribution in [0.1, 0.15) is 24.2 Å². The Bertz CT molecular complexity index is 597. The molecule has 1 amide bonds. The van der Waals surface area contributed by atoms with E-state index in [1.807, 2.05) is 0 Å². The molecule has 0 unspecified atom stereocenters. The Morgan fingerprint density at radius 2 is 2.00 bits per heavy atom. The van der Waals surface area contributed by atoms with Crippen molar-refractivity contribution >= 4 is 17.6 Å². The van der Waals surface area contributed by atoms with Crippen LogP contribution in [0.3, 0.4) is 0 Å². The fraction of sp³-hybridized carbons (Fsp3) is 0.333. The van der Waals surface area contributed by atoms with Crippen LogP contribution < -0.4 is 0 Å². The van der Waals surface area contributed by atoms with E-state index >= 15 is 0 Å². The molecule has 7 heteroatoms. The number of likely N-dealkylation sites (N-methyl/N-ethyl adjacent to an activating group) is 1. The molecule has 0 fully saturated rings. The molecule has 0 N–H and O–H groups in total. The van der Waals surface area contributed by atoms with Crippen molar-refractivity contribution in [2.75, 3.05) is 19.7 Å². The van der Waals surface area contributed by atoms with Crippen LogP contribution in [0.25, 0.3) is 0 Å². The molecule has 0 aliphatic carbocycles. The van der Waals surface area contributed by atoms with Crippen LogP contribution in [0.4, 0.5) is 5.69 Å². The maximum absolute atomic E-state index is 11.9. The van der Waals surface area contributed by atoms with E-state index in [1.54, 1.807) is 13.8 Å². The molecule has 0 saturated heterocycles. The average Bonchev–Trinajstić information content (AvgIpc) is 2.49. The van der Waals surface area contributed by atoms with Gasteiger partial charge in [0.1, 0.15) is 5.56 Å². The maximum atomic E-state index is 11.9. The molecule has 1 rings (SSSR count). The highest BCUT2D eigenvalue weighted by molar-refractivity contribution is 5.95. The number of para-hydroxylation sites is 1. The quantitative estimate of drug-likeness (QED) is 0.333. The van der Waals surface area contributed by atoms with E-state index in [4.69, 9.17) is 4.74 Å². The first-order chi connectivity index (χ1) is 10.4. The second-order valence-corrected chi connectivity index (χ2v) is 4.72. The van der Waals surface area contributed by atoms with Gasteiger partial charge in [0.15, 0.2) is 6.61 Å². The molecular formula is C15H18N2O5. The Kier molecular flexibility index (Phi) is 6.25. The predicted octanol–water partition coefficient (Wildman–Crippen LogP) is 2.18. The summed E-state index contributed by atoms with van der Waals surface area (Å²) in [5.74, 6) is -1.27. The number of hydrogen-bond donors (Lipinski definition) is 0. The Hall–Kier alpha value is -2.70. The molecule has 118 valence electrons. The van der Waals surface area contributed by atoms with Gasteiger partial charge >= 0.3 is 5.97 Å². The fourth-order valence-corrected chi connectivity index (χ4v) is 1.80. The predicted molar refractivity (Wildman–Crippen MR) is 80.4 cm³/mol. The van der Waals surface area contributed by atoms with E-state index in [1.165, 1.54) is 29.2 Å². The highest BCUT2D eigenvalue weighted by atomic mass is 16.6. The molecule has 0 atom stereocenters. The minimum atomic E-state index is -0.896. The number of carbonyl (C=O) groups is 2. The molecule has 22 heavy (non-hydrogen) atoms. The lowest BCUT2D eigenvalue weighted by Crippen LogP contribution is -2.35. The smallest absolute Gasteiger partial charge is 0.345 e. The lowest BCUT2D eigenvalue weighted by Gasteiger charge is -2.20. The summed E-state index contributed by atoms with van der Waals surface area (Å²) in [6.45, 7) is 7.67. The number of amides is 1. The molecule has 7 nitrogen and oxygen atoms in total. The van der Waals surface area contributed by atoms with Gasteiger partial charge < -0.3 is 9.64 Å². The van der Waals surface area contributed by atoms with Crippen molar-refractivity contribution in [3.8, 4) is 0 Å². The maximum Gasteiger partial charge on any atom is 0.345 e. The van der Waals surface area contributed by atoms with Crippen LogP contribution in [0.15, 0.2) is 36.4 Å². The average molecular weight is 306 g/mol. The van der Waals surface area contributed by atoms with Crippen LogP contribution in [0.2, 0.25) is 0 Å². The molecule has 0 heterocycles. The number of rotatable bonds is 7. The Morgan fingerprint density at radius 1 is 1.36 bits per heavy atom. The molecule has 0 aliphatic heterocycles. The topological polar surface area (TPSA) is 89.8 Å². The number of carbonyl (C=O) groups excluding carboxylic acids is 2. The van der Waals surface area contributed by atoms with Crippen LogP contribution in [0, 0.1) is 10.1 Å². The van der Waals surface area contributed by atoms with Gasteiger partial charge in [-0.25, -0.2) is 4.79 Å². The van der Waals surface area contributed by atoms with E-state index in [0.29, 0.717) is 13.1 Å². The van der Waals surface area contributed by atoms with E-state index in [0.717, 1.165) is 5.57 Å². The second-order valence-electron chi connectivity index (χ2n) is 4.72. The number of hydrogen-bond acceptors (Lipinski definition) is 5. The van der Waals surface area contributed by atoms with Crippen molar-refractivity contribution in [1.29, 1.82) is 0 Å². The van der Waals surface area contributed by atoms with Crippen molar-refractivity contribution in [3.05, 3.63) is 52.1 Å². The van der Waals surface area contributed by atoms with E-state index in [9.17, 15) is 19.7 Å². The summed E-state index contributed by atoms with van der Waals surface area (Å²) in [6, 6.07) is 5.44. The zero-order valence-electron chi connectivity index (χ0n) is 12.6. The lowest BCUT2D eigenvalue weighted by atomic mass is 10.2. The summed E-state index contributed by atoms with van der Waals surface area (Å²) in [5.41, 5.74) is 0.276. The van der Waals surface area contributed by atoms with Crippen molar-refractivity contribution in [2.24, 2.45) is 0 Å². The van der Waals surface area contributed by atoms with Crippen LogP contribution in [-0.4, -0.2) is 41.4 Å². The third-order valence-electron chi connectivity index (χ3n) is 2.84. The number of benzene rings is 1. The minimum absolute atomic E-state index is 0.178. The van der Waals surface area contributed by atoms with Crippen LogP contribution >= 0.6 is 0 Å². The number of esters is 1. The van der Waals surface area contributed by atoms with E-state index in [2.05, 4.69) is 6.58 Å². The summed E-state index contributed by atoms with van der Waals surface area (Å²) in [6.07, 6.45) is 0. The molecule has 0 aliphatic rings. The van der Waals surface area contributed by atoms with Crippen molar-refractivity contribution < 1.29 is 19.2 Å². The van der Waals surface area contributed by atoms with Gasteiger partial charge in [-0.3, -0.25) is 14.9 Å². The fourth-order valence-electron chi connectivity index (χ4n) is 1.80. The Balaban J connectivity index is 2.72. The lowest BCUT2D eigenvalue weighted by molar-refractivity contribution is -0.385. The molecule has 0 saturated carbocycles. The zero-order valence-corrected chi connectivity index (χ0v) is 12.6. The summed E-state index contributed by atoms with van der Waals surface area (Å²) in [7, 11) is 0. The number of nitrogens with zero attached hydrogens (tertiary/aromatic N) is 2. The first-order valence-electron chi connectivity index (χ1n) is 6.69. The first-order valence-corrected chi connectivity index (χ1v) is 6.69. The monoisotopic (exact) mass is 306 g/mol. The van der Waals surface area contributed by atoms with E-state index < -0.39 is 17.5 Å². The zero-order chi connectivity index (χ0) is 16.7.